The summed E-state index contributed by atoms with van der Waals surface area (Å²) in [6.07, 6.45) is 5.33. The molecule has 0 aromatic carbocycles. The third-order valence-electron chi connectivity index (χ3n) is 2.60. The molecule has 0 saturated carbocycles. The number of carbonyl (C=O) groups is 1. The minimum Gasteiger partial charge on any atom is -0.469 e. The van der Waals surface area contributed by atoms with Crippen LogP contribution in [0.4, 0.5) is 0 Å². The van der Waals surface area contributed by atoms with Gasteiger partial charge in [-0.1, -0.05) is 0 Å². The van der Waals surface area contributed by atoms with E-state index in [9.17, 15) is 4.79 Å². The molecule has 1 aliphatic rings. The molecule has 3 nitrogen and oxygen atoms in total. The van der Waals surface area contributed by atoms with Gasteiger partial charge in [0.25, 0.3) is 0 Å². The summed E-state index contributed by atoms with van der Waals surface area (Å²) in [7, 11) is 0. The number of carbonyl (C=O) groups excluding carboxylic acids is 1. The largest absolute Gasteiger partial charge is 0.469 e. The summed E-state index contributed by atoms with van der Waals surface area (Å²) in [5.74, 6) is 0.954. The van der Waals surface area contributed by atoms with E-state index in [1.165, 1.54) is 5.56 Å². The Hall–Kier alpha value is -1.25. The van der Waals surface area contributed by atoms with E-state index >= 15 is 0 Å². The summed E-state index contributed by atoms with van der Waals surface area (Å²) in [4.78, 5) is 10.8. The van der Waals surface area contributed by atoms with Crippen molar-refractivity contribution in [2.24, 2.45) is 5.73 Å². The van der Waals surface area contributed by atoms with Gasteiger partial charge in [0.05, 0.1) is 6.26 Å². The van der Waals surface area contributed by atoms with E-state index < -0.39 is 0 Å². The molecule has 2 rings (SSSR count). The highest BCUT2D eigenvalue weighted by Gasteiger charge is 2.24. The molecule has 2 N–H and O–H groups in total. The van der Waals surface area contributed by atoms with Gasteiger partial charge in [-0.15, -0.1) is 0 Å². The van der Waals surface area contributed by atoms with Crippen LogP contribution in [-0.4, -0.2) is 5.91 Å². The van der Waals surface area contributed by atoms with Crippen molar-refractivity contribution >= 4 is 5.91 Å². The number of aryl methyl sites for hydroxylation is 1. The van der Waals surface area contributed by atoms with Crippen LogP contribution in [-0.2, 0) is 11.2 Å². The SMILES string of the molecule is NC(=O)C[C@H]1CCCc2ccoc21. The van der Waals surface area contributed by atoms with Crippen LogP contribution in [0.25, 0.3) is 0 Å². The fourth-order valence-corrected chi connectivity index (χ4v) is 2.02. The lowest BCUT2D eigenvalue weighted by Crippen LogP contribution is -2.17. The van der Waals surface area contributed by atoms with Gasteiger partial charge < -0.3 is 10.2 Å². The Kier molecular flexibility index (Phi) is 2.08. The molecule has 1 amide bonds. The van der Waals surface area contributed by atoms with Gasteiger partial charge in [0.1, 0.15) is 5.76 Å². The minimum absolute atomic E-state index is 0.219. The highest BCUT2D eigenvalue weighted by molar-refractivity contribution is 5.74. The second kappa shape index (κ2) is 3.24. The lowest BCUT2D eigenvalue weighted by atomic mass is 9.86. The monoisotopic (exact) mass is 179 g/mol. The van der Waals surface area contributed by atoms with Gasteiger partial charge in [0.2, 0.25) is 5.91 Å². The topological polar surface area (TPSA) is 56.2 Å². The molecule has 70 valence electrons. The van der Waals surface area contributed by atoms with Crippen molar-refractivity contribution in [3.05, 3.63) is 23.7 Å². The summed E-state index contributed by atoms with van der Waals surface area (Å²) in [5, 5.41) is 0. The fourth-order valence-electron chi connectivity index (χ4n) is 2.02. The van der Waals surface area contributed by atoms with Crippen LogP contribution in [0.2, 0.25) is 0 Å². The molecule has 0 radical (unpaired) electrons. The maximum absolute atomic E-state index is 10.8. The Morgan fingerprint density at radius 1 is 1.69 bits per heavy atom. The van der Waals surface area contributed by atoms with Crippen molar-refractivity contribution in [2.75, 3.05) is 0 Å². The summed E-state index contributed by atoms with van der Waals surface area (Å²) in [6, 6.07) is 1.99. The number of hydrogen-bond acceptors (Lipinski definition) is 2. The van der Waals surface area contributed by atoms with E-state index in [4.69, 9.17) is 10.2 Å². The van der Waals surface area contributed by atoms with E-state index in [1.807, 2.05) is 6.07 Å². The number of hydrogen-bond donors (Lipinski definition) is 1. The number of nitrogens with two attached hydrogens (primary N) is 1. The Bertz CT molecular complexity index is 316. The van der Waals surface area contributed by atoms with Crippen LogP contribution in [0.15, 0.2) is 16.7 Å². The molecular weight excluding hydrogens is 166 g/mol. The fraction of sp³-hybridized carbons (Fsp3) is 0.500. The summed E-state index contributed by atoms with van der Waals surface area (Å²) < 4.78 is 5.36. The van der Waals surface area contributed by atoms with E-state index in [0.29, 0.717) is 6.42 Å². The van der Waals surface area contributed by atoms with Gasteiger partial charge >= 0.3 is 0 Å². The molecule has 0 fully saturated rings. The van der Waals surface area contributed by atoms with Crippen LogP contribution in [0.1, 0.15) is 36.5 Å². The number of fused-ring (bicyclic) bond motifs is 1. The van der Waals surface area contributed by atoms with Gasteiger partial charge in [0.15, 0.2) is 0 Å². The normalized spacial score (nSPS) is 21.1. The predicted octanol–water partition coefficient (Wildman–Crippen LogP) is 1.57. The third kappa shape index (κ3) is 1.59. The maximum Gasteiger partial charge on any atom is 0.218 e. The van der Waals surface area contributed by atoms with Crippen LogP contribution in [0.5, 0.6) is 0 Å². The van der Waals surface area contributed by atoms with Crippen LogP contribution in [0.3, 0.4) is 0 Å². The molecule has 13 heavy (non-hydrogen) atoms. The molecule has 0 unspecified atom stereocenters. The number of primary amides is 1. The van der Waals surface area contributed by atoms with Gasteiger partial charge in [-0.25, -0.2) is 0 Å². The van der Waals surface area contributed by atoms with Crippen molar-refractivity contribution in [3.8, 4) is 0 Å². The Balaban J connectivity index is 2.20. The average molecular weight is 179 g/mol. The van der Waals surface area contributed by atoms with Crippen LogP contribution in [0, 0.1) is 0 Å². The van der Waals surface area contributed by atoms with Gasteiger partial charge in [-0.2, -0.15) is 0 Å². The van der Waals surface area contributed by atoms with Gasteiger partial charge in [0, 0.05) is 12.3 Å². The molecule has 1 aromatic heterocycles. The van der Waals surface area contributed by atoms with Crippen LogP contribution < -0.4 is 5.73 Å². The molecule has 3 heteroatoms. The van der Waals surface area contributed by atoms with Gasteiger partial charge in [-0.3, -0.25) is 4.79 Å². The average Bonchev–Trinajstić information content (AvgIpc) is 2.51. The Morgan fingerprint density at radius 3 is 3.31 bits per heavy atom. The molecule has 1 aliphatic carbocycles. The second-order valence-electron chi connectivity index (χ2n) is 3.57. The Morgan fingerprint density at radius 2 is 2.54 bits per heavy atom. The number of amides is 1. The molecular formula is C10H13NO2. The zero-order valence-corrected chi connectivity index (χ0v) is 7.45. The molecule has 0 saturated heterocycles. The third-order valence-corrected chi connectivity index (χ3v) is 2.60. The highest BCUT2D eigenvalue weighted by Crippen LogP contribution is 2.34. The first-order valence-corrected chi connectivity index (χ1v) is 4.62. The lowest BCUT2D eigenvalue weighted by Gasteiger charge is -2.19. The number of rotatable bonds is 2. The van der Waals surface area contributed by atoms with Gasteiger partial charge in [-0.05, 0) is 30.9 Å². The van der Waals surface area contributed by atoms with E-state index in [0.717, 1.165) is 25.0 Å². The summed E-state index contributed by atoms with van der Waals surface area (Å²) >= 11 is 0. The zero-order chi connectivity index (χ0) is 9.26. The van der Waals surface area contributed by atoms with Crippen LogP contribution >= 0.6 is 0 Å². The Labute approximate surface area is 76.9 Å². The second-order valence-corrected chi connectivity index (χ2v) is 3.57. The smallest absolute Gasteiger partial charge is 0.218 e. The van der Waals surface area contributed by atoms with E-state index in [-0.39, 0.29) is 11.8 Å². The molecule has 1 heterocycles. The summed E-state index contributed by atoms with van der Waals surface area (Å²) in [5.41, 5.74) is 6.42. The highest BCUT2D eigenvalue weighted by atomic mass is 16.3. The van der Waals surface area contributed by atoms with Crippen molar-refractivity contribution in [3.63, 3.8) is 0 Å². The van der Waals surface area contributed by atoms with Crippen molar-refractivity contribution in [1.82, 2.24) is 0 Å². The molecule has 1 aromatic rings. The predicted molar refractivity (Wildman–Crippen MR) is 48.2 cm³/mol. The van der Waals surface area contributed by atoms with E-state index in [2.05, 4.69) is 0 Å². The maximum atomic E-state index is 10.8. The molecule has 0 spiro atoms. The first-order valence-electron chi connectivity index (χ1n) is 4.62. The molecule has 0 bridgehead atoms. The van der Waals surface area contributed by atoms with E-state index in [1.54, 1.807) is 6.26 Å². The number of furan rings is 1. The molecule has 0 aliphatic heterocycles. The minimum atomic E-state index is -0.241. The zero-order valence-electron chi connectivity index (χ0n) is 7.45. The van der Waals surface area contributed by atoms with Crippen molar-refractivity contribution in [2.45, 2.75) is 31.6 Å². The first kappa shape index (κ1) is 8.35. The quantitative estimate of drug-likeness (QED) is 0.749. The standard InChI is InChI=1S/C10H13NO2/c11-9(12)6-8-3-1-2-7-4-5-13-10(7)8/h4-5,8H,1-3,6H2,(H2,11,12)/t8-/m1/s1. The summed E-state index contributed by atoms with van der Waals surface area (Å²) in [6.45, 7) is 0. The molecule has 1 atom stereocenters. The van der Waals surface area contributed by atoms with Crippen molar-refractivity contribution in [1.29, 1.82) is 0 Å². The first-order chi connectivity index (χ1) is 6.27. The lowest BCUT2D eigenvalue weighted by molar-refractivity contribution is -0.118. The van der Waals surface area contributed by atoms with Crippen molar-refractivity contribution < 1.29 is 9.21 Å².